The molecule has 1 atom stereocenters. The molecule has 0 bridgehead atoms. The van der Waals surface area contributed by atoms with Crippen LogP contribution in [0.5, 0.6) is 0 Å². The number of hydrogen-bond acceptors (Lipinski definition) is 4. The van der Waals surface area contributed by atoms with E-state index in [1.165, 1.54) is 17.0 Å². The Morgan fingerprint density at radius 3 is 2.46 bits per heavy atom. The van der Waals surface area contributed by atoms with Gasteiger partial charge in [-0.05, 0) is 43.3 Å². The van der Waals surface area contributed by atoms with Crippen LogP contribution in [0.1, 0.15) is 29.4 Å². The molecule has 0 radical (unpaired) electrons. The third-order valence-corrected chi connectivity index (χ3v) is 5.82. The van der Waals surface area contributed by atoms with E-state index in [-0.39, 0.29) is 11.8 Å². The number of amides is 2. The van der Waals surface area contributed by atoms with Crippen molar-refractivity contribution in [3.63, 3.8) is 0 Å². The molecule has 1 saturated heterocycles. The summed E-state index contributed by atoms with van der Waals surface area (Å²) in [5.74, 6) is -0.185. The van der Waals surface area contributed by atoms with Crippen molar-refractivity contribution in [1.82, 2.24) is 10.2 Å². The number of carbonyl (C=O) groups is 2. The van der Waals surface area contributed by atoms with Gasteiger partial charge in [-0.2, -0.15) is 0 Å². The number of thiophene rings is 1. The van der Waals surface area contributed by atoms with Crippen molar-refractivity contribution in [3.8, 4) is 0 Å². The van der Waals surface area contributed by atoms with Crippen LogP contribution in [0.2, 0.25) is 0 Å². The van der Waals surface area contributed by atoms with Crippen molar-refractivity contribution >= 4 is 28.8 Å². The molecule has 1 fully saturated rings. The van der Waals surface area contributed by atoms with E-state index in [1.807, 2.05) is 34.5 Å². The maximum absolute atomic E-state index is 12.7. The van der Waals surface area contributed by atoms with E-state index in [2.05, 4.69) is 29.4 Å². The fourth-order valence-corrected chi connectivity index (χ4v) is 3.99. The Hall–Kier alpha value is -2.34. The molecule has 2 aromatic rings. The Bertz CT molecular complexity index is 725. The Balaban J connectivity index is 1.51. The summed E-state index contributed by atoms with van der Waals surface area (Å²) in [7, 11) is 2.11. The van der Waals surface area contributed by atoms with Crippen molar-refractivity contribution in [3.05, 3.63) is 52.7 Å². The topological polar surface area (TPSA) is 52.7 Å². The van der Waals surface area contributed by atoms with Gasteiger partial charge in [0.05, 0.1) is 4.88 Å². The first kappa shape index (κ1) is 18.5. The zero-order chi connectivity index (χ0) is 18.5. The number of anilines is 1. The maximum atomic E-state index is 12.7. The highest BCUT2D eigenvalue weighted by Crippen LogP contribution is 2.22. The number of rotatable bonds is 5. The molecule has 0 aliphatic carbocycles. The molecule has 138 valence electrons. The number of hydrogen-bond donors (Lipinski definition) is 1. The number of para-hydroxylation sites is 1. The van der Waals surface area contributed by atoms with Crippen LogP contribution in [0, 0.1) is 0 Å². The van der Waals surface area contributed by atoms with E-state index in [4.69, 9.17) is 0 Å². The molecule has 1 N–H and O–H groups in total. The van der Waals surface area contributed by atoms with Crippen LogP contribution in [0.25, 0.3) is 0 Å². The van der Waals surface area contributed by atoms with Crippen molar-refractivity contribution < 1.29 is 9.59 Å². The monoisotopic (exact) mass is 371 g/mol. The van der Waals surface area contributed by atoms with Gasteiger partial charge < -0.3 is 15.1 Å². The fourth-order valence-electron chi connectivity index (χ4n) is 3.36. The lowest BCUT2D eigenvalue weighted by molar-refractivity contribution is -0.133. The molecule has 5 nitrogen and oxygen atoms in total. The number of piperidine rings is 1. The average molecular weight is 372 g/mol. The van der Waals surface area contributed by atoms with Crippen LogP contribution < -0.4 is 10.2 Å². The summed E-state index contributed by atoms with van der Waals surface area (Å²) in [6.45, 7) is 3.20. The van der Waals surface area contributed by atoms with Gasteiger partial charge in [-0.15, -0.1) is 11.3 Å². The second-order valence-electron chi connectivity index (χ2n) is 6.68. The quantitative estimate of drug-likeness (QED) is 0.879. The molecule has 0 saturated carbocycles. The van der Waals surface area contributed by atoms with Gasteiger partial charge in [0.1, 0.15) is 6.04 Å². The summed E-state index contributed by atoms with van der Waals surface area (Å²) in [5, 5.41) is 4.67. The second kappa shape index (κ2) is 8.36. The Morgan fingerprint density at radius 1 is 1.15 bits per heavy atom. The summed E-state index contributed by atoms with van der Waals surface area (Å²) in [6, 6.07) is 13.8. The van der Waals surface area contributed by atoms with Crippen molar-refractivity contribution in [1.29, 1.82) is 0 Å². The maximum Gasteiger partial charge on any atom is 0.261 e. The number of benzene rings is 1. The van der Waals surface area contributed by atoms with Gasteiger partial charge in [-0.25, -0.2) is 0 Å². The largest absolute Gasteiger partial charge is 0.371 e. The van der Waals surface area contributed by atoms with Crippen LogP contribution in [0.4, 0.5) is 5.69 Å². The van der Waals surface area contributed by atoms with Gasteiger partial charge >= 0.3 is 0 Å². The van der Waals surface area contributed by atoms with E-state index >= 15 is 0 Å². The molecule has 3 rings (SSSR count). The van der Waals surface area contributed by atoms with Gasteiger partial charge in [0.2, 0.25) is 5.91 Å². The molecule has 1 aliphatic rings. The number of likely N-dealkylation sites (tertiary alicyclic amines) is 1. The van der Waals surface area contributed by atoms with E-state index in [0.717, 1.165) is 25.9 Å². The van der Waals surface area contributed by atoms with E-state index in [9.17, 15) is 9.59 Å². The summed E-state index contributed by atoms with van der Waals surface area (Å²) in [4.78, 5) is 29.6. The normalized spacial score (nSPS) is 16.2. The van der Waals surface area contributed by atoms with Gasteiger partial charge in [-0.1, -0.05) is 24.3 Å². The minimum Gasteiger partial charge on any atom is -0.371 e. The molecule has 1 unspecified atom stereocenters. The lowest BCUT2D eigenvalue weighted by Crippen LogP contribution is -2.51. The fraction of sp³-hybridized carbons (Fsp3) is 0.400. The van der Waals surface area contributed by atoms with Crippen LogP contribution >= 0.6 is 11.3 Å². The molecule has 1 aromatic heterocycles. The summed E-state index contributed by atoms with van der Waals surface area (Å²) in [5.41, 5.74) is 1.20. The minimum absolute atomic E-state index is 0.00396. The molecule has 2 amide bonds. The molecular formula is C20H25N3O2S. The standard InChI is InChI=1S/C20H25N3O2S/c1-15(21-19(24)18-9-6-14-26-18)20(25)23-12-10-17(11-13-23)22(2)16-7-4-3-5-8-16/h3-9,14-15,17H,10-13H2,1-2H3,(H,21,24). The molecule has 6 heteroatoms. The lowest BCUT2D eigenvalue weighted by Gasteiger charge is -2.38. The highest BCUT2D eigenvalue weighted by atomic mass is 32.1. The highest BCUT2D eigenvalue weighted by molar-refractivity contribution is 7.12. The third kappa shape index (κ3) is 4.25. The van der Waals surface area contributed by atoms with E-state index < -0.39 is 6.04 Å². The summed E-state index contributed by atoms with van der Waals surface area (Å²) < 4.78 is 0. The first-order chi connectivity index (χ1) is 12.6. The lowest BCUT2D eigenvalue weighted by atomic mass is 10.0. The van der Waals surface area contributed by atoms with Gasteiger partial charge in [0.15, 0.2) is 0 Å². The number of carbonyl (C=O) groups excluding carboxylic acids is 2. The summed E-state index contributed by atoms with van der Waals surface area (Å²) >= 11 is 1.38. The average Bonchev–Trinajstić information content (AvgIpc) is 3.22. The zero-order valence-electron chi connectivity index (χ0n) is 15.2. The number of nitrogens with one attached hydrogen (secondary N) is 1. The number of nitrogens with zero attached hydrogens (tertiary/aromatic N) is 2. The van der Waals surface area contributed by atoms with Crippen molar-refractivity contribution in [2.75, 3.05) is 25.0 Å². The van der Waals surface area contributed by atoms with Crippen LogP contribution in [0.3, 0.4) is 0 Å². The first-order valence-corrected chi connectivity index (χ1v) is 9.85. The Morgan fingerprint density at radius 2 is 1.85 bits per heavy atom. The van der Waals surface area contributed by atoms with Crippen LogP contribution in [-0.4, -0.2) is 48.9 Å². The van der Waals surface area contributed by atoms with Gasteiger partial charge in [-0.3, -0.25) is 9.59 Å². The van der Waals surface area contributed by atoms with E-state index in [1.54, 1.807) is 13.0 Å². The first-order valence-electron chi connectivity index (χ1n) is 8.97. The highest BCUT2D eigenvalue weighted by Gasteiger charge is 2.28. The van der Waals surface area contributed by atoms with Crippen molar-refractivity contribution in [2.24, 2.45) is 0 Å². The minimum atomic E-state index is -0.506. The Labute approximate surface area is 158 Å². The molecular weight excluding hydrogens is 346 g/mol. The van der Waals surface area contributed by atoms with Crippen LogP contribution in [0.15, 0.2) is 47.8 Å². The zero-order valence-corrected chi connectivity index (χ0v) is 16.0. The molecule has 0 spiro atoms. The predicted molar refractivity (Wildman–Crippen MR) is 106 cm³/mol. The van der Waals surface area contributed by atoms with Crippen LogP contribution in [-0.2, 0) is 4.79 Å². The summed E-state index contributed by atoms with van der Waals surface area (Å²) in [6.07, 6.45) is 1.87. The van der Waals surface area contributed by atoms with Gasteiger partial charge in [0, 0.05) is 31.9 Å². The molecule has 2 heterocycles. The smallest absolute Gasteiger partial charge is 0.261 e. The van der Waals surface area contributed by atoms with Crippen molar-refractivity contribution in [2.45, 2.75) is 31.8 Å². The Kier molecular flexibility index (Phi) is 5.93. The molecule has 1 aliphatic heterocycles. The molecule has 26 heavy (non-hydrogen) atoms. The third-order valence-electron chi connectivity index (χ3n) is 4.95. The second-order valence-corrected chi connectivity index (χ2v) is 7.62. The molecule has 1 aromatic carbocycles. The van der Waals surface area contributed by atoms with Gasteiger partial charge in [0.25, 0.3) is 5.91 Å². The predicted octanol–water partition coefficient (Wildman–Crippen LogP) is 2.99. The van der Waals surface area contributed by atoms with E-state index in [0.29, 0.717) is 10.9 Å². The SMILES string of the molecule is CC(NC(=O)c1cccs1)C(=O)N1CCC(N(C)c2ccccc2)CC1.